The fraction of sp³-hybridized carbons (Fsp3) is 0.429. The van der Waals surface area contributed by atoms with Crippen molar-refractivity contribution < 1.29 is 31.8 Å². The second kappa shape index (κ2) is 9.61. The zero-order valence-electron chi connectivity index (χ0n) is 16.9. The predicted molar refractivity (Wildman–Crippen MR) is 104 cm³/mol. The highest BCUT2D eigenvalue weighted by molar-refractivity contribution is 5.78. The lowest BCUT2D eigenvalue weighted by atomic mass is 9.92. The van der Waals surface area contributed by atoms with Gasteiger partial charge in [-0.3, -0.25) is 9.53 Å². The summed E-state index contributed by atoms with van der Waals surface area (Å²) in [6.07, 6.45) is -1.98. The van der Waals surface area contributed by atoms with Gasteiger partial charge in [0.1, 0.15) is 12.4 Å². The van der Waals surface area contributed by atoms with E-state index in [-0.39, 0.29) is 25.3 Å². The van der Waals surface area contributed by atoms with E-state index in [1.54, 1.807) is 36.1 Å². The summed E-state index contributed by atoms with van der Waals surface area (Å²) in [6, 6.07) is 4.92. The lowest BCUT2D eigenvalue weighted by Crippen LogP contribution is -2.42. The minimum absolute atomic E-state index is 0.0988. The zero-order valence-corrected chi connectivity index (χ0v) is 16.9. The van der Waals surface area contributed by atoms with Crippen molar-refractivity contribution in [1.29, 1.82) is 0 Å². The molecule has 0 atom stereocenters. The molecule has 1 heterocycles. The van der Waals surface area contributed by atoms with Crippen LogP contribution < -0.4 is 5.32 Å². The number of allylic oxidation sites excluding steroid dienone is 1. The molecule has 1 amide bonds. The molecule has 1 saturated carbocycles. The lowest BCUT2D eigenvalue weighted by molar-refractivity contribution is -0.357. The number of rotatable bonds is 9. The molecule has 6 nitrogen and oxygen atoms in total. The number of imidazole rings is 1. The Kier molecular flexibility index (Phi) is 7.11. The molecule has 10 heteroatoms. The number of amides is 1. The van der Waals surface area contributed by atoms with Crippen LogP contribution in [0.3, 0.4) is 0 Å². The summed E-state index contributed by atoms with van der Waals surface area (Å²) in [4.78, 5) is 16.2. The van der Waals surface area contributed by atoms with Gasteiger partial charge in [-0.15, -0.1) is 13.2 Å². The molecule has 0 unspecified atom stereocenters. The number of aromatic nitrogens is 2. The number of carbonyl (C=O) groups is 1. The first-order valence-electron chi connectivity index (χ1n) is 9.71. The van der Waals surface area contributed by atoms with E-state index >= 15 is 0 Å². The quantitative estimate of drug-likeness (QED) is 0.595. The largest absolute Gasteiger partial charge is 0.522 e. The Morgan fingerprint density at radius 2 is 2.06 bits per heavy atom. The Morgan fingerprint density at radius 1 is 1.32 bits per heavy atom. The van der Waals surface area contributed by atoms with Crippen molar-refractivity contribution in [2.75, 3.05) is 6.61 Å². The average molecular weight is 441 g/mol. The van der Waals surface area contributed by atoms with Gasteiger partial charge in [-0.25, -0.2) is 9.37 Å². The number of halogens is 4. The Hall–Kier alpha value is -2.72. The SMILES string of the molecule is C=C(CCn1cnc(-c2ccc(C)c(F)c2)c1)NC(=O)CO[C@H]1C[C@@H](OC(F)(F)F)C1. The maximum absolute atomic E-state index is 13.7. The normalized spacial score (nSPS) is 18.5. The standard InChI is InChI=1S/C21H23F4N3O3/c1-13-3-4-15(7-18(13)22)19-10-28(12-26-19)6-5-14(2)27-20(29)11-30-16-8-17(9-16)31-21(23,24)25/h3-4,7,10,12,16-17H,2,5-6,8-9,11H2,1H3,(H,27,29)/t16-,17+. The summed E-state index contributed by atoms with van der Waals surface area (Å²) in [5.74, 6) is -0.720. The summed E-state index contributed by atoms with van der Waals surface area (Å²) in [7, 11) is 0. The van der Waals surface area contributed by atoms with Gasteiger partial charge in [-0.05, 0) is 18.6 Å². The van der Waals surface area contributed by atoms with E-state index in [1.807, 2.05) is 0 Å². The number of hydrogen-bond donors (Lipinski definition) is 1. The third-order valence-corrected chi connectivity index (χ3v) is 4.89. The van der Waals surface area contributed by atoms with Gasteiger partial charge in [0.05, 0.1) is 24.2 Å². The van der Waals surface area contributed by atoms with Crippen LogP contribution in [-0.4, -0.2) is 40.6 Å². The van der Waals surface area contributed by atoms with E-state index in [4.69, 9.17) is 4.74 Å². The fourth-order valence-corrected chi connectivity index (χ4v) is 3.08. The van der Waals surface area contributed by atoms with Crippen molar-refractivity contribution in [1.82, 2.24) is 14.9 Å². The molecular weight excluding hydrogens is 418 g/mol. The molecule has 168 valence electrons. The fourth-order valence-electron chi connectivity index (χ4n) is 3.08. The van der Waals surface area contributed by atoms with Crippen LogP contribution in [0.2, 0.25) is 0 Å². The first kappa shape index (κ1) is 23.0. The third-order valence-electron chi connectivity index (χ3n) is 4.89. The van der Waals surface area contributed by atoms with Crippen molar-refractivity contribution in [3.8, 4) is 11.3 Å². The molecule has 0 spiro atoms. The minimum Gasteiger partial charge on any atom is -0.368 e. The number of carbonyl (C=O) groups excluding carboxylic acids is 1. The van der Waals surface area contributed by atoms with Gasteiger partial charge in [-0.2, -0.15) is 0 Å². The highest BCUT2D eigenvalue weighted by Crippen LogP contribution is 2.32. The van der Waals surface area contributed by atoms with Crippen LogP contribution >= 0.6 is 0 Å². The highest BCUT2D eigenvalue weighted by Gasteiger charge is 2.40. The highest BCUT2D eigenvalue weighted by atomic mass is 19.4. The topological polar surface area (TPSA) is 65.4 Å². The van der Waals surface area contributed by atoms with E-state index in [0.29, 0.717) is 35.5 Å². The molecule has 0 bridgehead atoms. The Labute approximate surface area is 176 Å². The molecule has 1 fully saturated rings. The van der Waals surface area contributed by atoms with Crippen LogP contribution in [0.1, 0.15) is 24.8 Å². The molecule has 31 heavy (non-hydrogen) atoms. The number of benzene rings is 1. The van der Waals surface area contributed by atoms with Gasteiger partial charge in [0.2, 0.25) is 5.91 Å². The molecule has 0 radical (unpaired) electrons. The number of ether oxygens (including phenoxy) is 2. The summed E-state index contributed by atoms with van der Waals surface area (Å²) in [6.45, 7) is 5.72. The Bertz CT molecular complexity index is 936. The maximum Gasteiger partial charge on any atom is 0.522 e. The van der Waals surface area contributed by atoms with Gasteiger partial charge in [-0.1, -0.05) is 18.7 Å². The van der Waals surface area contributed by atoms with Crippen molar-refractivity contribution >= 4 is 5.91 Å². The minimum atomic E-state index is -4.66. The van der Waals surface area contributed by atoms with Crippen molar-refractivity contribution in [2.24, 2.45) is 0 Å². The lowest BCUT2D eigenvalue weighted by Gasteiger charge is -2.34. The average Bonchev–Trinajstić information content (AvgIpc) is 3.12. The number of hydrogen-bond acceptors (Lipinski definition) is 4. The zero-order chi connectivity index (χ0) is 22.6. The van der Waals surface area contributed by atoms with Gasteiger partial charge in [0.25, 0.3) is 0 Å². The van der Waals surface area contributed by atoms with E-state index in [0.717, 1.165) is 0 Å². The van der Waals surface area contributed by atoms with E-state index < -0.39 is 24.5 Å². The van der Waals surface area contributed by atoms with Gasteiger partial charge in [0.15, 0.2) is 0 Å². The predicted octanol–water partition coefficient (Wildman–Crippen LogP) is 4.10. The van der Waals surface area contributed by atoms with Crippen molar-refractivity contribution in [3.05, 3.63) is 54.4 Å². The second-order valence-corrected chi connectivity index (χ2v) is 7.45. The maximum atomic E-state index is 13.7. The van der Waals surface area contributed by atoms with Crippen LogP contribution in [0.25, 0.3) is 11.3 Å². The molecule has 2 aromatic rings. The number of nitrogens with one attached hydrogen (secondary N) is 1. The number of nitrogens with zero attached hydrogens (tertiary/aromatic N) is 2. The molecule has 3 rings (SSSR count). The van der Waals surface area contributed by atoms with Crippen LogP contribution in [-0.2, 0) is 20.8 Å². The summed E-state index contributed by atoms with van der Waals surface area (Å²) in [5.41, 5.74) is 2.34. The number of aryl methyl sites for hydroxylation is 2. The molecule has 1 aliphatic rings. The summed E-state index contributed by atoms with van der Waals surface area (Å²) < 4.78 is 60.9. The first-order chi connectivity index (χ1) is 14.6. The molecule has 1 aromatic carbocycles. The van der Waals surface area contributed by atoms with Crippen molar-refractivity contribution in [3.63, 3.8) is 0 Å². The van der Waals surface area contributed by atoms with Crippen LogP contribution in [0.4, 0.5) is 17.6 Å². The molecule has 1 aromatic heterocycles. The summed E-state index contributed by atoms with van der Waals surface area (Å²) in [5, 5.41) is 2.60. The Morgan fingerprint density at radius 3 is 2.74 bits per heavy atom. The van der Waals surface area contributed by atoms with Crippen LogP contribution in [0.5, 0.6) is 0 Å². The van der Waals surface area contributed by atoms with Gasteiger partial charge >= 0.3 is 6.36 Å². The smallest absolute Gasteiger partial charge is 0.368 e. The first-order valence-corrected chi connectivity index (χ1v) is 9.71. The van der Waals surface area contributed by atoms with E-state index in [2.05, 4.69) is 21.6 Å². The van der Waals surface area contributed by atoms with E-state index in [9.17, 15) is 22.4 Å². The summed E-state index contributed by atoms with van der Waals surface area (Å²) >= 11 is 0. The van der Waals surface area contributed by atoms with Gasteiger partial charge < -0.3 is 14.6 Å². The molecular formula is C21H23F4N3O3. The molecule has 0 aliphatic heterocycles. The molecule has 1 aliphatic carbocycles. The van der Waals surface area contributed by atoms with Crippen molar-refractivity contribution in [2.45, 2.75) is 51.3 Å². The third kappa shape index (κ3) is 6.90. The second-order valence-electron chi connectivity index (χ2n) is 7.45. The molecule has 1 N–H and O–H groups in total. The Balaban J connectivity index is 1.35. The van der Waals surface area contributed by atoms with Crippen LogP contribution in [0, 0.1) is 12.7 Å². The van der Waals surface area contributed by atoms with E-state index in [1.165, 1.54) is 6.07 Å². The number of alkyl halides is 3. The molecule has 0 saturated heterocycles. The monoisotopic (exact) mass is 441 g/mol. The van der Waals surface area contributed by atoms with Gasteiger partial charge in [0, 0.05) is 43.3 Å². The van der Waals surface area contributed by atoms with Crippen LogP contribution in [0.15, 0.2) is 43.0 Å².